The van der Waals surface area contributed by atoms with Crippen molar-refractivity contribution < 1.29 is 30.4 Å². The molecule has 1 aliphatic rings. The van der Waals surface area contributed by atoms with Crippen molar-refractivity contribution in [2.75, 3.05) is 19.6 Å². The molecule has 0 amide bonds. The summed E-state index contributed by atoms with van der Waals surface area (Å²) in [6, 6.07) is 4.74. The second-order valence-electron chi connectivity index (χ2n) is 5.78. The standard InChI is InChI=1S/C15H20F2N2O5S2/c1-2-25(20,21)18-10-12-4-3-9-19(11-12)26(22,23)14-7-5-13(6-8-14)24-15(16)17/h2,5-8,12,15,18H,1,3-4,9-11H2. The molecule has 0 aliphatic carbocycles. The molecule has 26 heavy (non-hydrogen) atoms. The van der Waals surface area contributed by atoms with Crippen LogP contribution in [0.4, 0.5) is 8.78 Å². The maximum atomic E-state index is 12.7. The van der Waals surface area contributed by atoms with Crippen LogP contribution in [0.15, 0.2) is 41.1 Å². The summed E-state index contributed by atoms with van der Waals surface area (Å²) in [5.41, 5.74) is 0. The molecule has 1 aromatic rings. The Hall–Kier alpha value is -1.56. The summed E-state index contributed by atoms with van der Waals surface area (Å²) in [7, 11) is -7.37. The molecule has 2 rings (SSSR count). The summed E-state index contributed by atoms with van der Waals surface area (Å²) in [5.74, 6) is -0.302. The molecular formula is C15H20F2N2O5S2. The third-order valence-electron chi connectivity index (χ3n) is 3.96. The summed E-state index contributed by atoms with van der Waals surface area (Å²) < 4.78 is 80.4. The predicted molar refractivity (Wildman–Crippen MR) is 91.7 cm³/mol. The van der Waals surface area contributed by atoms with Gasteiger partial charge in [0.15, 0.2) is 0 Å². The SMILES string of the molecule is C=CS(=O)(=O)NCC1CCCN(S(=O)(=O)c2ccc(OC(F)F)cc2)C1. The normalized spacial score (nSPS) is 19.4. The highest BCUT2D eigenvalue weighted by Gasteiger charge is 2.30. The fourth-order valence-electron chi connectivity index (χ4n) is 2.65. The van der Waals surface area contributed by atoms with Crippen molar-refractivity contribution >= 4 is 20.0 Å². The Morgan fingerprint density at radius 3 is 2.50 bits per heavy atom. The van der Waals surface area contributed by atoms with E-state index in [2.05, 4.69) is 16.0 Å². The van der Waals surface area contributed by atoms with Crippen molar-refractivity contribution in [3.63, 3.8) is 0 Å². The smallest absolute Gasteiger partial charge is 0.387 e. The van der Waals surface area contributed by atoms with Crippen LogP contribution in [-0.4, -0.2) is 47.4 Å². The molecule has 7 nitrogen and oxygen atoms in total. The van der Waals surface area contributed by atoms with Crippen LogP contribution < -0.4 is 9.46 Å². The van der Waals surface area contributed by atoms with Gasteiger partial charge in [-0.15, -0.1) is 0 Å². The molecule has 1 unspecified atom stereocenters. The van der Waals surface area contributed by atoms with E-state index in [4.69, 9.17) is 0 Å². The molecule has 0 bridgehead atoms. The number of hydrogen-bond acceptors (Lipinski definition) is 5. The number of rotatable bonds is 8. The van der Waals surface area contributed by atoms with Crippen molar-refractivity contribution in [3.8, 4) is 5.75 Å². The second-order valence-corrected chi connectivity index (χ2v) is 9.43. The van der Waals surface area contributed by atoms with E-state index in [1.807, 2.05) is 0 Å². The molecule has 0 saturated carbocycles. The molecule has 0 radical (unpaired) electrons. The number of alkyl halides is 2. The zero-order valence-electron chi connectivity index (χ0n) is 13.8. The van der Waals surface area contributed by atoms with Gasteiger partial charge in [0.2, 0.25) is 20.0 Å². The number of halogens is 2. The van der Waals surface area contributed by atoms with E-state index >= 15 is 0 Å². The Balaban J connectivity index is 2.07. The van der Waals surface area contributed by atoms with E-state index < -0.39 is 26.7 Å². The summed E-state index contributed by atoms with van der Waals surface area (Å²) in [5, 5.41) is 0.799. The Morgan fingerprint density at radius 1 is 1.27 bits per heavy atom. The van der Waals surface area contributed by atoms with Gasteiger partial charge in [0.1, 0.15) is 5.75 Å². The molecule has 0 aromatic heterocycles. The second kappa shape index (κ2) is 8.42. The van der Waals surface area contributed by atoms with Crippen LogP contribution >= 0.6 is 0 Å². The van der Waals surface area contributed by atoms with E-state index in [1.54, 1.807) is 0 Å². The summed E-state index contributed by atoms with van der Waals surface area (Å²) in [4.78, 5) is -0.0357. The monoisotopic (exact) mass is 410 g/mol. The van der Waals surface area contributed by atoms with Gasteiger partial charge in [-0.3, -0.25) is 0 Å². The van der Waals surface area contributed by atoms with E-state index in [-0.39, 0.29) is 29.7 Å². The van der Waals surface area contributed by atoms with Crippen LogP contribution in [0, 0.1) is 5.92 Å². The quantitative estimate of drug-likeness (QED) is 0.705. The minimum atomic E-state index is -3.81. The molecule has 1 N–H and O–H groups in total. The zero-order valence-corrected chi connectivity index (χ0v) is 15.5. The van der Waals surface area contributed by atoms with Gasteiger partial charge in [-0.2, -0.15) is 13.1 Å². The highest BCUT2D eigenvalue weighted by atomic mass is 32.2. The number of sulfonamides is 2. The van der Waals surface area contributed by atoms with Crippen LogP contribution in [0.3, 0.4) is 0 Å². The van der Waals surface area contributed by atoms with Gasteiger partial charge < -0.3 is 4.74 Å². The van der Waals surface area contributed by atoms with Crippen molar-refractivity contribution in [2.45, 2.75) is 24.3 Å². The Bertz CT molecular complexity index is 826. The van der Waals surface area contributed by atoms with E-state index in [9.17, 15) is 25.6 Å². The number of nitrogens with zero attached hydrogens (tertiary/aromatic N) is 1. The molecule has 1 atom stereocenters. The fraction of sp³-hybridized carbons (Fsp3) is 0.467. The molecule has 1 heterocycles. The highest BCUT2D eigenvalue weighted by molar-refractivity contribution is 7.92. The van der Waals surface area contributed by atoms with Gasteiger partial charge in [0, 0.05) is 25.0 Å². The number of hydrogen-bond donors (Lipinski definition) is 1. The topological polar surface area (TPSA) is 92.8 Å². The molecule has 0 spiro atoms. The predicted octanol–water partition coefficient (Wildman–Crippen LogP) is 1.75. The lowest BCUT2D eigenvalue weighted by atomic mass is 10.0. The number of ether oxygens (including phenoxy) is 1. The van der Waals surface area contributed by atoms with Gasteiger partial charge >= 0.3 is 6.61 Å². The van der Waals surface area contributed by atoms with Crippen LogP contribution in [0.25, 0.3) is 0 Å². The minimum Gasteiger partial charge on any atom is -0.435 e. The molecule has 146 valence electrons. The summed E-state index contributed by atoms with van der Waals surface area (Å²) in [6.07, 6.45) is 1.28. The van der Waals surface area contributed by atoms with Gasteiger partial charge in [-0.05, 0) is 43.0 Å². The lowest BCUT2D eigenvalue weighted by Crippen LogP contribution is -2.43. The lowest BCUT2D eigenvalue weighted by Gasteiger charge is -2.31. The zero-order chi connectivity index (χ0) is 19.4. The third kappa shape index (κ3) is 5.47. The van der Waals surface area contributed by atoms with Gasteiger partial charge in [-0.1, -0.05) is 6.58 Å². The first-order valence-electron chi connectivity index (χ1n) is 7.81. The van der Waals surface area contributed by atoms with Gasteiger partial charge in [-0.25, -0.2) is 21.6 Å². The molecule has 1 aromatic carbocycles. The van der Waals surface area contributed by atoms with E-state index in [0.717, 1.165) is 5.41 Å². The number of nitrogens with one attached hydrogen (secondary N) is 1. The lowest BCUT2D eigenvalue weighted by molar-refractivity contribution is -0.0498. The van der Waals surface area contributed by atoms with Crippen LogP contribution in [0.2, 0.25) is 0 Å². The average molecular weight is 410 g/mol. The molecule has 1 saturated heterocycles. The van der Waals surface area contributed by atoms with Gasteiger partial charge in [0.25, 0.3) is 0 Å². The maximum absolute atomic E-state index is 12.7. The average Bonchev–Trinajstić information content (AvgIpc) is 2.60. The Labute approximate surface area is 151 Å². The third-order valence-corrected chi connectivity index (χ3v) is 6.85. The first kappa shape index (κ1) is 20.7. The Morgan fingerprint density at radius 2 is 1.92 bits per heavy atom. The molecule has 11 heteroatoms. The number of benzene rings is 1. The molecule has 1 fully saturated rings. The van der Waals surface area contributed by atoms with E-state index in [1.165, 1.54) is 28.6 Å². The fourth-order valence-corrected chi connectivity index (χ4v) is 4.79. The highest BCUT2D eigenvalue weighted by Crippen LogP contribution is 2.25. The molecular weight excluding hydrogens is 390 g/mol. The van der Waals surface area contributed by atoms with Crippen molar-refractivity contribution in [1.82, 2.24) is 9.03 Å². The Kier molecular flexibility index (Phi) is 6.72. The first-order valence-corrected chi connectivity index (χ1v) is 10.8. The van der Waals surface area contributed by atoms with Gasteiger partial charge in [0.05, 0.1) is 4.90 Å². The summed E-state index contributed by atoms with van der Waals surface area (Å²) >= 11 is 0. The molecule has 1 aliphatic heterocycles. The largest absolute Gasteiger partial charge is 0.435 e. The van der Waals surface area contributed by atoms with Crippen LogP contribution in [-0.2, 0) is 20.0 Å². The number of piperidine rings is 1. The van der Waals surface area contributed by atoms with E-state index in [0.29, 0.717) is 19.4 Å². The van der Waals surface area contributed by atoms with Crippen LogP contribution in [0.5, 0.6) is 5.75 Å². The van der Waals surface area contributed by atoms with Crippen molar-refractivity contribution in [2.24, 2.45) is 5.92 Å². The summed E-state index contributed by atoms with van der Waals surface area (Å²) in [6.45, 7) is 0.799. The maximum Gasteiger partial charge on any atom is 0.387 e. The minimum absolute atomic E-state index is 0.0357. The van der Waals surface area contributed by atoms with Crippen molar-refractivity contribution in [3.05, 3.63) is 36.3 Å². The first-order chi connectivity index (χ1) is 12.1. The van der Waals surface area contributed by atoms with Crippen LogP contribution in [0.1, 0.15) is 12.8 Å². The van der Waals surface area contributed by atoms with Crippen molar-refractivity contribution in [1.29, 1.82) is 0 Å².